The van der Waals surface area contributed by atoms with Crippen LogP contribution in [0.1, 0.15) is 86.7 Å². The number of nitrogens with two attached hydrogens (primary N) is 1. The molecule has 4 aromatic rings. The number of nitrogens with zero attached hydrogens (tertiary/aromatic N) is 5. The van der Waals surface area contributed by atoms with Gasteiger partial charge in [0.15, 0.2) is 5.76 Å². The van der Waals surface area contributed by atoms with Gasteiger partial charge >= 0.3 is 5.97 Å². The van der Waals surface area contributed by atoms with Gasteiger partial charge in [0.1, 0.15) is 18.1 Å². The van der Waals surface area contributed by atoms with Crippen LogP contribution in [0.15, 0.2) is 59.8 Å². The number of nitrogens with one attached hydrogen (secondary N) is 2. The number of carbonyl (C=O) groups is 5. The summed E-state index contributed by atoms with van der Waals surface area (Å²) < 4.78 is 19.9. The van der Waals surface area contributed by atoms with E-state index in [0.29, 0.717) is 43.8 Å². The smallest absolute Gasteiger partial charge is 0.322 e. The normalized spacial score (nSPS) is 20.7. The quantitative estimate of drug-likeness (QED) is 0.135. The SMILES string of the molecule is C=CC(=O)N1CC[C@H](C(=O)N(C)[C@H](C(=O)N[C@H]2Cc3cc(on3)-c3ccc4c(c3)c(c(-c3cccnc3[C@H](C)OC)n4CC)CC(C)(C)COC(=O)[C@@H](N)CCCNC2=O)C(C)C)C1.[HH].[HH]. The summed E-state index contributed by atoms with van der Waals surface area (Å²) in [4.78, 5) is 75.2. The van der Waals surface area contributed by atoms with Gasteiger partial charge in [0, 0.05) is 89.3 Å². The van der Waals surface area contributed by atoms with Crippen molar-refractivity contribution in [2.24, 2.45) is 23.0 Å². The first-order valence-electron chi connectivity index (χ1n) is 22.3. The van der Waals surface area contributed by atoms with Gasteiger partial charge in [0.2, 0.25) is 23.6 Å². The molecule has 2 aliphatic heterocycles. The zero-order chi connectivity index (χ0) is 46.5. The largest absolute Gasteiger partial charge is 0.464 e. The van der Waals surface area contributed by atoms with Crippen LogP contribution in [-0.2, 0) is 52.8 Å². The second kappa shape index (κ2) is 20.3. The Morgan fingerprint density at radius 3 is 2.64 bits per heavy atom. The number of fused-ring (bicyclic) bond motifs is 4. The van der Waals surface area contributed by atoms with Gasteiger partial charge < -0.3 is 44.7 Å². The Bertz CT molecular complexity index is 2380. The molecule has 0 spiro atoms. The standard InChI is InChI=1S/C48H64N8O8.2H2/c1-10-40(57)55-21-18-31(26-55)46(60)54(8)42(28(3)4)45(59)52-37-23-32-24-39(64-53-32)30-16-17-38-34(22-30)35(43(56(38)11-2)33-14-12-19-50-41(33)29(5)62-9)25-48(6,7)27-63-47(61)36(49)15-13-20-51-44(37)58;;/h10,12,14,16-17,19,22,24,28-29,31,36-37,42H,1,11,13,15,18,20-21,23,25-27,49H2,2-9H3,(H,51,58)(H,52,59);2*1H/t29-,31-,36-,37-,42-;;/m0../s1. The Morgan fingerprint density at radius 1 is 1.17 bits per heavy atom. The third-order valence-corrected chi connectivity index (χ3v) is 12.4. The maximum absolute atomic E-state index is 14.2. The summed E-state index contributed by atoms with van der Waals surface area (Å²) in [6.07, 6.45) is 4.31. The van der Waals surface area contributed by atoms with E-state index in [1.807, 2.05) is 32.9 Å². The van der Waals surface area contributed by atoms with Gasteiger partial charge in [-0.15, -0.1) is 0 Å². The van der Waals surface area contributed by atoms with Gasteiger partial charge in [-0.05, 0) is 87.4 Å². The van der Waals surface area contributed by atoms with Crippen molar-refractivity contribution >= 4 is 40.5 Å². The van der Waals surface area contributed by atoms with Crippen LogP contribution in [0.3, 0.4) is 0 Å². The summed E-state index contributed by atoms with van der Waals surface area (Å²) in [6, 6.07) is 8.90. The second-order valence-corrected chi connectivity index (χ2v) is 18.2. The minimum absolute atomic E-state index is 0. The highest BCUT2D eigenvalue weighted by Crippen LogP contribution is 2.42. The number of hydrogen-bond donors (Lipinski definition) is 3. The van der Waals surface area contributed by atoms with Gasteiger partial charge in [0.05, 0.1) is 35.7 Å². The van der Waals surface area contributed by atoms with Crippen LogP contribution in [0, 0.1) is 17.3 Å². The number of carbonyl (C=O) groups excluding carboxylic acids is 5. The number of aryl methyl sites for hydroxylation is 1. The molecule has 5 atom stereocenters. The van der Waals surface area contributed by atoms with Crippen molar-refractivity contribution in [3.8, 4) is 22.6 Å². The van der Waals surface area contributed by atoms with Gasteiger partial charge in [-0.1, -0.05) is 39.4 Å². The summed E-state index contributed by atoms with van der Waals surface area (Å²) >= 11 is 0. The predicted octanol–water partition coefficient (Wildman–Crippen LogP) is 5.47. The van der Waals surface area contributed by atoms with Crippen LogP contribution in [0.2, 0.25) is 0 Å². The van der Waals surface area contributed by atoms with E-state index in [4.69, 9.17) is 24.7 Å². The first-order valence-corrected chi connectivity index (χ1v) is 22.3. The number of likely N-dealkylation sites (tertiary alicyclic amines) is 1. The molecule has 1 saturated heterocycles. The molecule has 4 N–H and O–H groups in total. The molecule has 4 bridgehead atoms. The molecule has 16 heteroatoms. The van der Waals surface area contributed by atoms with E-state index in [1.54, 1.807) is 31.3 Å². The zero-order valence-corrected chi connectivity index (χ0v) is 38.4. The Hall–Kier alpha value is -5.87. The summed E-state index contributed by atoms with van der Waals surface area (Å²) in [5.74, 6) is -2.36. The fraction of sp³-hybridized carbons (Fsp3) is 0.521. The molecule has 2 aliphatic rings. The Morgan fingerprint density at radius 2 is 1.94 bits per heavy atom. The summed E-state index contributed by atoms with van der Waals surface area (Å²) in [5, 5.41) is 11.2. The third-order valence-electron chi connectivity index (χ3n) is 12.4. The number of benzene rings is 1. The molecule has 0 radical (unpaired) electrons. The molecule has 0 aliphatic carbocycles. The van der Waals surface area contributed by atoms with Crippen LogP contribution in [-0.4, -0.2) is 113 Å². The lowest BCUT2D eigenvalue weighted by Gasteiger charge is -2.33. The van der Waals surface area contributed by atoms with Crippen molar-refractivity contribution < 1.29 is 40.8 Å². The van der Waals surface area contributed by atoms with Crippen LogP contribution in [0.5, 0.6) is 0 Å². The van der Waals surface area contributed by atoms with E-state index >= 15 is 0 Å². The zero-order valence-electron chi connectivity index (χ0n) is 38.4. The minimum atomic E-state index is -1.10. The first kappa shape index (κ1) is 47.6. The molecule has 0 unspecified atom stereocenters. The molecular weight excluding hydrogens is 817 g/mol. The molecule has 3 aromatic heterocycles. The van der Waals surface area contributed by atoms with Crippen LogP contribution >= 0.6 is 0 Å². The molecule has 6 rings (SSSR count). The molecule has 5 heterocycles. The lowest BCUT2D eigenvalue weighted by molar-refractivity contribution is -0.148. The third kappa shape index (κ3) is 10.4. The van der Waals surface area contributed by atoms with Crippen LogP contribution in [0.25, 0.3) is 33.5 Å². The van der Waals surface area contributed by atoms with E-state index in [1.165, 1.54) is 11.0 Å². The first-order chi connectivity index (χ1) is 30.5. The molecule has 4 amide bonds. The molecule has 16 nitrogen and oxygen atoms in total. The predicted molar refractivity (Wildman–Crippen MR) is 247 cm³/mol. The number of ether oxygens (including phenoxy) is 2. The number of amides is 4. The van der Waals surface area contributed by atoms with E-state index in [-0.39, 0.29) is 59.2 Å². The van der Waals surface area contributed by atoms with Gasteiger partial charge in [-0.3, -0.25) is 29.0 Å². The number of rotatable bonds is 10. The number of pyridine rings is 1. The lowest BCUT2D eigenvalue weighted by Crippen LogP contribution is -2.57. The average molecular weight is 885 g/mol. The van der Waals surface area contributed by atoms with Crippen molar-refractivity contribution in [3.63, 3.8) is 0 Å². The Balaban J connectivity index is 0.00000476. The van der Waals surface area contributed by atoms with Crippen molar-refractivity contribution in [3.05, 3.63) is 72.2 Å². The minimum Gasteiger partial charge on any atom is -0.464 e. The topological polar surface area (TPSA) is 204 Å². The lowest BCUT2D eigenvalue weighted by atomic mass is 9.84. The van der Waals surface area contributed by atoms with E-state index in [9.17, 15) is 24.0 Å². The number of cyclic esters (lactones) is 1. The number of esters is 1. The highest BCUT2D eigenvalue weighted by molar-refractivity contribution is 5.96. The van der Waals surface area contributed by atoms with Crippen molar-refractivity contribution in [2.75, 3.05) is 40.4 Å². The van der Waals surface area contributed by atoms with Crippen molar-refractivity contribution in [1.82, 2.24) is 35.1 Å². The maximum atomic E-state index is 14.2. The monoisotopic (exact) mass is 885 g/mol. The fourth-order valence-corrected chi connectivity index (χ4v) is 8.99. The van der Waals surface area contributed by atoms with Gasteiger partial charge in [-0.2, -0.15) is 0 Å². The summed E-state index contributed by atoms with van der Waals surface area (Å²) in [6.45, 7) is 17.0. The number of methoxy groups -OCH3 is 1. The van der Waals surface area contributed by atoms with Crippen molar-refractivity contribution in [2.45, 2.75) is 104 Å². The number of likely N-dealkylation sites (N-methyl/N-ethyl adjacent to an activating group) is 1. The van der Waals surface area contributed by atoms with Gasteiger partial charge in [-0.25, -0.2) is 0 Å². The molecule has 1 fully saturated rings. The molecule has 0 saturated carbocycles. The van der Waals surface area contributed by atoms with E-state index in [0.717, 1.165) is 39.0 Å². The number of hydrogen-bond acceptors (Lipinski definition) is 11. The van der Waals surface area contributed by atoms with Crippen molar-refractivity contribution in [1.29, 1.82) is 0 Å². The summed E-state index contributed by atoms with van der Waals surface area (Å²) in [5.41, 5.74) is 11.7. The maximum Gasteiger partial charge on any atom is 0.322 e. The van der Waals surface area contributed by atoms with E-state index < -0.39 is 47.2 Å². The highest BCUT2D eigenvalue weighted by atomic mass is 16.5. The molecular formula is C48H68N8O8. The van der Waals surface area contributed by atoms with Gasteiger partial charge in [0.25, 0.3) is 0 Å². The fourth-order valence-electron chi connectivity index (χ4n) is 8.99. The molecule has 64 heavy (non-hydrogen) atoms. The molecule has 348 valence electrons. The molecule has 1 aromatic carbocycles. The highest BCUT2D eigenvalue weighted by Gasteiger charge is 2.39. The van der Waals surface area contributed by atoms with Crippen LogP contribution in [0.4, 0.5) is 0 Å². The summed E-state index contributed by atoms with van der Waals surface area (Å²) in [7, 11) is 3.24. The van der Waals surface area contributed by atoms with Crippen LogP contribution < -0.4 is 16.4 Å². The Kier molecular flexibility index (Phi) is 15.1. The number of aromatic nitrogens is 3. The average Bonchev–Trinajstić information content (AvgIpc) is 4.03. The van der Waals surface area contributed by atoms with E-state index in [2.05, 4.69) is 65.9 Å². The second-order valence-electron chi connectivity index (χ2n) is 18.2. The Labute approximate surface area is 378 Å².